The van der Waals surface area contributed by atoms with Crippen LogP contribution < -0.4 is 5.32 Å². The highest BCUT2D eigenvalue weighted by Crippen LogP contribution is 2.16. The third-order valence-electron chi connectivity index (χ3n) is 11.6. The lowest BCUT2D eigenvalue weighted by molar-refractivity contribution is -0.143. The minimum absolute atomic E-state index is 0.00238. The van der Waals surface area contributed by atoms with Gasteiger partial charge in [-0.25, -0.2) is 0 Å². The fourth-order valence-electron chi connectivity index (χ4n) is 7.69. The summed E-state index contributed by atoms with van der Waals surface area (Å²) in [4.78, 5) is 24.3. The first-order chi connectivity index (χ1) is 27.5. The Hall–Kier alpha value is -1.40. The van der Waals surface area contributed by atoms with Gasteiger partial charge in [-0.05, 0) is 51.4 Å². The monoisotopic (exact) mass is 792 g/mol. The molecule has 0 spiro atoms. The highest BCUT2D eigenvalue weighted by Gasteiger charge is 2.20. The summed E-state index contributed by atoms with van der Waals surface area (Å²) >= 11 is 0. The molecule has 6 heteroatoms. The Morgan fingerprint density at radius 1 is 0.482 bits per heavy atom. The molecule has 2 atom stereocenters. The summed E-state index contributed by atoms with van der Waals surface area (Å²) in [6, 6.07) is -0.548. The van der Waals surface area contributed by atoms with Gasteiger partial charge in [0.15, 0.2) is 0 Å². The van der Waals surface area contributed by atoms with Crippen molar-refractivity contribution in [1.29, 1.82) is 0 Å². The number of allylic oxidation sites excluding steroid dienone is 2. The van der Waals surface area contributed by atoms with E-state index < -0.39 is 12.1 Å². The van der Waals surface area contributed by atoms with E-state index in [2.05, 4.69) is 31.3 Å². The first-order valence-corrected chi connectivity index (χ1v) is 24.9. The van der Waals surface area contributed by atoms with Crippen LogP contribution in [0.3, 0.4) is 0 Å². The number of hydrogen-bond donors (Lipinski definition) is 3. The summed E-state index contributed by atoms with van der Waals surface area (Å²) in [5, 5.41) is 23.1. The van der Waals surface area contributed by atoms with Gasteiger partial charge < -0.3 is 20.3 Å². The topological polar surface area (TPSA) is 95.9 Å². The van der Waals surface area contributed by atoms with Crippen LogP contribution >= 0.6 is 0 Å². The van der Waals surface area contributed by atoms with Crippen molar-refractivity contribution in [2.75, 3.05) is 13.2 Å². The number of carbonyl (C=O) groups is 2. The minimum atomic E-state index is -0.669. The Labute approximate surface area is 349 Å². The van der Waals surface area contributed by atoms with E-state index in [9.17, 15) is 19.8 Å². The fraction of sp³-hybridized carbons (Fsp3) is 0.920. The van der Waals surface area contributed by atoms with Gasteiger partial charge in [-0.15, -0.1) is 0 Å². The summed E-state index contributed by atoms with van der Waals surface area (Å²) in [6.07, 6.45) is 51.8. The summed E-state index contributed by atoms with van der Waals surface area (Å²) in [5.41, 5.74) is 0. The van der Waals surface area contributed by atoms with Crippen molar-refractivity contribution in [3.05, 3.63) is 12.2 Å². The van der Waals surface area contributed by atoms with Gasteiger partial charge >= 0.3 is 5.97 Å². The smallest absolute Gasteiger partial charge is 0.305 e. The Balaban J connectivity index is 3.43. The number of amides is 1. The van der Waals surface area contributed by atoms with E-state index in [1.807, 2.05) is 0 Å². The third kappa shape index (κ3) is 42.2. The third-order valence-corrected chi connectivity index (χ3v) is 11.6. The fourth-order valence-corrected chi connectivity index (χ4v) is 7.69. The number of rotatable bonds is 46. The maximum absolute atomic E-state index is 12.4. The molecule has 0 aliphatic rings. The van der Waals surface area contributed by atoms with Crippen molar-refractivity contribution in [3.63, 3.8) is 0 Å². The van der Waals surface area contributed by atoms with E-state index in [0.717, 1.165) is 57.8 Å². The van der Waals surface area contributed by atoms with Crippen LogP contribution in [0.1, 0.15) is 271 Å². The number of aliphatic hydroxyl groups is 2. The number of hydrogen-bond acceptors (Lipinski definition) is 5. The average Bonchev–Trinajstić information content (AvgIpc) is 3.20. The molecule has 0 bridgehead atoms. The number of nitrogens with one attached hydrogen (secondary N) is 1. The number of unbranched alkanes of at least 4 members (excludes halogenated alkanes) is 33. The molecule has 0 aromatic rings. The van der Waals surface area contributed by atoms with E-state index in [4.69, 9.17) is 4.74 Å². The zero-order valence-electron chi connectivity index (χ0n) is 37.6. The molecule has 1 amide bonds. The second-order valence-electron chi connectivity index (χ2n) is 17.1. The first kappa shape index (κ1) is 54.6. The van der Waals surface area contributed by atoms with Gasteiger partial charge in [0.2, 0.25) is 5.91 Å². The molecular formula is C50H97NO5. The molecule has 0 aromatic carbocycles. The molecule has 0 fully saturated rings. The van der Waals surface area contributed by atoms with E-state index in [0.29, 0.717) is 25.9 Å². The minimum Gasteiger partial charge on any atom is -0.466 e. The van der Waals surface area contributed by atoms with E-state index in [1.165, 1.54) is 180 Å². The zero-order valence-corrected chi connectivity index (χ0v) is 37.6. The van der Waals surface area contributed by atoms with E-state index >= 15 is 0 Å². The van der Waals surface area contributed by atoms with Crippen LogP contribution in [-0.4, -0.2) is 47.4 Å². The lowest BCUT2D eigenvalue weighted by Gasteiger charge is -2.22. The number of aliphatic hydroxyl groups excluding tert-OH is 2. The van der Waals surface area contributed by atoms with Gasteiger partial charge in [0.05, 0.1) is 25.4 Å². The molecule has 0 rings (SSSR count). The molecule has 56 heavy (non-hydrogen) atoms. The second kappa shape index (κ2) is 46.3. The maximum atomic E-state index is 12.4. The van der Waals surface area contributed by atoms with Gasteiger partial charge in [-0.2, -0.15) is 0 Å². The molecule has 6 nitrogen and oxygen atoms in total. The highest BCUT2D eigenvalue weighted by molar-refractivity contribution is 5.76. The Bertz CT molecular complexity index is 832. The van der Waals surface area contributed by atoms with Crippen LogP contribution in [0.4, 0.5) is 0 Å². The molecule has 3 N–H and O–H groups in total. The van der Waals surface area contributed by atoms with Crippen molar-refractivity contribution in [1.82, 2.24) is 5.32 Å². The van der Waals surface area contributed by atoms with E-state index in [-0.39, 0.29) is 18.5 Å². The Kier molecular flexibility index (Phi) is 45.1. The van der Waals surface area contributed by atoms with Crippen molar-refractivity contribution in [2.45, 2.75) is 283 Å². The number of esters is 1. The molecule has 0 aliphatic carbocycles. The molecule has 0 heterocycles. The van der Waals surface area contributed by atoms with Crippen molar-refractivity contribution < 1.29 is 24.5 Å². The van der Waals surface area contributed by atoms with Crippen LogP contribution in [0.2, 0.25) is 0 Å². The van der Waals surface area contributed by atoms with Gasteiger partial charge in [-0.1, -0.05) is 219 Å². The summed E-state index contributed by atoms with van der Waals surface area (Å²) in [6.45, 7) is 4.92. The normalized spacial score (nSPS) is 12.7. The van der Waals surface area contributed by atoms with E-state index in [1.54, 1.807) is 0 Å². The molecule has 0 aliphatic heterocycles. The van der Waals surface area contributed by atoms with Crippen LogP contribution in [0.15, 0.2) is 12.2 Å². The molecule has 2 unspecified atom stereocenters. The first-order valence-electron chi connectivity index (χ1n) is 24.9. The second-order valence-corrected chi connectivity index (χ2v) is 17.1. The molecule has 0 saturated carbocycles. The van der Waals surface area contributed by atoms with Crippen molar-refractivity contribution in [3.8, 4) is 0 Å². The molecular weight excluding hydrogens is 695 g/mol. The lowest BCUT2D eigenvalue weighted by atomic mass is 10.0. The van der Waals surface area contributed by atoms with Gasteiger partial charge in [-0.3, -0.25) is 9.59 Å². The van der Waals surface area contributed by atoms with Gasteiger partial charge in [0.1, 0.15) is 0 Å². The molecule has 0 saturated heterocycles. The highest BCUT2D eigenvalue weighted by atomic mass is 16.5. The molecule has 0 aromatic heterocycles. The molecule has 332 valence electrons. The maximum Gasteiger partial charge on any atom is 0.305 e. The summed E-state index contributed by atoms with van der Waals surface area (Å²) in [5.74, 6) is -0.0485. The Morgan fingerprint density at radius 3 is 1.27 bits per heavy atom. The lowest BCUT2D eigenvalue weighted by Crippen LogP contribution is -2.45. The van der Waals surface area contributed by atoms with Crippen molar-refractivity contribution in [2.24, 2.45) is 0 Å². The Morgan fingerprint density at radius 2 is 0.839 bits per heavy atom. The predicted octanol–water partition coefficient (Wildman–Crippen LogP) is 14.6. The zero-order chi connectivity index (χ0) is 40.8. The van der Waals surface area contributed by atoms with Crippen LogP contribution in [0, 0.1) is 0 Å². The van der Waals surface area contributed by atoms with Crippen molar-refractivity contribution >= 4 is 11.9 Å². The van der Waals surface area contributed by atoms with Gasteiger partial charge in [0, 0.05) is 12.8 Å². The average molecular weight is 792 g/mol. The van der Waals surface area contributed by atoms with Crippen LogP contribution in [0.25, 0.3) is 0 Å². The number of ether oxygens (including phenoxy) is 1. The predicted molar refractivity (Wildman–Crippen MR) is 241 cm³/mol. The van der Waals surface area contributed by atoms with Crippen LogP contribution in [-0.2, 0) is 14.3 Å². The molecule has 0 radical (unpaired) electrons. The summed E-state index contributed by atoms with van der Waals surface area (Å²) < 4.78 is 5.45. The van der Waals surface area contributed by atoms with Gasteiger partial charge in [0.25, 0.3) is 0 Å². The van der Waals surface area contributed by atoms with Crippen LogP contribution in [0.5, 0.6) is 0 Å². The summed E-state index contributed by atoms with van der Waals surface area (Å²) in [7, 11) is 0. The number of carbonyl (C=O) groups excluding carboxylic acids is 2. The standard InChI is InChI=1S/C50H97NO5/c1-3-5-7-9-11-13-23-28-32-36-40-44-50(55)56-45-41-37-33-29-25-22-20-18-16-15-17-19-21-24-27-31-35-39-43-49(54)51-47(46-52)48(53)42-38-34-30-26-14-12-10-8-6-4-2/h17,19,47-48,52-53H,3-16,18,20-46H2,1-2H3,(H,51,54)/b19-17-. The largest absolute Gasteiger partial charge is 0.466 e. The quantitative estimate of drug-likeness (QED) is 0.0324. The SMILES string of the molecule is CCCCCCCCCCCCCC(=O)OCCCCCCCCCCC/C=C\CCCCCCCC(=O)NC(CO)C(O)CCCCCCCCCCCC.